The third kappa shape index (κ3) is 2.91. The van der Waals surface area contributed by atoms with Gasteiger partial charge in [-0.25, -0.2) is 0 Å². The molecule has 0 bridgehead atoms. The van der Waals surface area contributed by atoms with E-state index in [2.05, 4.69) is 10.1 Å². The number of hydrogen-bond acceptors (Lipinski definition) is 4. The molecule has 5 rings (SSSR count). The van der Waals surface area contributed by atoms with Crippen molar-refractivity contribution in [2.24, 2.45) is 5.10 Å². The van der Waals surface area contributed by atoms with E-state index in [1.807, 2.05) is 79.7 Å². The van der Waals surface area contributed by atoms with Crippen LogP contribution in [-0.4, -0.2) is 21.8 Å². The van der Waals surface area contributed by atoms with E-state index < -0.39 is 6.23 Å². The Labute approximate surface area is 168 Å². The van der Waals surface area contributed by atoms with Crippen molar-refractivity contribution in [2.75, 3.05) is 0 Å². The van der Waals surface area contributed by atoms with Gasteiger partial charge in [0.2, 0.25) is 18.0 Å². The fourth-order valence-electron chi connectivity index (χ4n) is 3.83. The van der Waals surface area contributed by atoms with Crippen molar-refractivity contribution in [1.29, 1.82) is 0 Å². The minimum absolute atomic E-state index is 0.177. The zero-order valence-electron chi connectivity index (χ0n) is 16.2. The standard InChI is InChI=1S/C24H19N3O2/c1-15-14-21(19-11-5-6-13-22(19)25-15)24-27(16(2)28)26-23(29-24)20-12-7-9-17-8-3-4-10-18(17)20/h3-14,24H,1-2H3/t24-/m1/s1. The zero-order valence-corrected chi connectivity index (χ0v) is 16.2. The minimum atomic E-state index is -0.631. The molecule has 1 aliphatic rings. The quantitative estimate of drug-likeness (QED) is 0.494. The molecule has 0 spiro atoms. The molecule has 0 saturated carbocycles. The molecule has 1 aromatic heterocycles. The number of carbonyl (C=O) groups excluding carboxylic acids is 1. The fourth-order valence-corrected chi connectivity index (χ4v) is 3.83. The minimum Gasteiger partial charge on any atom is -0.446 e. The molecule has 0 aliphatic carbocycles. The van der Waals surface area contributed by atoms with E-state index in [4.69, 9.17) is 4.74 Å². The summed E-state index contributed by atoms with van der Waals surface area (Å²) in [5, 5.41) is 9.06. The molecular formula is C24H19N3O2. The first-order valence-electron chi connectivity index (χ1n) is 9.51. The van der Waals surface area contributed by atoms with Crippen LogP contribution in [0.25, 0.3) is 21.7 Å². The summed E-state index contributed by atoms with van der Waals surface area (Å²) in [5.74, 6) is 0.268. The van der Waals surface area contributed by atoms with E-state index in [9.17, 15) is 4.79 Å². The highest BCUT2D eigenvalue weighted by molar-refractivity contribution is 6.08. The number of amides is 1. The molecule has 1 atom stereocenters. The van der Waals surface area contributed by atoms with Gasteiger partial charge in [0.25, 0.3) is 0 Å². The second kappa shape index (κ2) is 6.71. The Morgan fingerprint density at radius 2 is 1.69 bits per heavy atom. The van der Waals surface area contributed by atoms with Crippen LogP contribution in [0.4, 0.5) is 0 Å². The number of carbonyl (C=O) groups is 1. The van der Waals surface area contributed by atoms with Crippen molar-refractivity contribution in [2.45, 2.75) is 20.1 Å². The van der Waals surface area contributed by atoms with Gasteiger partial charge >= 0.3 is 0 Å². The van der Waals surface area contributed by atoms with Gasteiger partial charge in [-0.1, -0.05) is 54.6 Å². The first kappa shape index (κ1) is 17.4. The molecule has 5 heteroatoms. The summed E-state index contributed by atoms with van der Waals surface area (Å²) in [6.45, 7) is 3.44. The van der Waals surface area contributed by atoms with E-state index >= 15 is 0 Å². The second-order valence-electron chi connectivity index (χ2n) is 7.14. The molecule has 0 saturated heterocycles. The maximum absolute atomic E-state index is 12.4. The predicted molar refractivity (Wildman–Crippen MR) is 113 cm³/mol. The topological polar surface area (TPSA) is 54.8 Å². The lowest BCUT2D eigenvalue weighted by atomic mass is 10.0. The van der Waals surface area contributed by atoms with Crippen LogP contribution in [0.5, 0.6) is 0 Å². The summed E-state index contributed by atoms with van der Waals surface area (Å²) < 4.78 is 6.31. The van der Waals surface area contributed by atoms with Gasteiger partial charge in [0, 0.05) is 29.1 Å². The SMILES string of the molecule is CC(=O)N1N=C(c2cccc3ccccc23)O[C@@H]1c1cc(C)nc2ccccc12. The molecule has 1 aliphatic heterocycles. The first-order valence-corrected chi connectivity index (χ1v) is 9.51. The van der Waals surface area contributed by atoms with Crippen LogP contribution in [0.2, 0.25) is 0 Å². The Bertz CT molecular complexity index is 1290. The zero-order chi connectivity index (χ0) is 20.0. The highest BCUT2D eigenvalue weighted by Crippen LogP contribution is 2.35. The van der Waals surface area contributed by atoms with Gasteiger partial charge in [-0.2, -0.15) is 5.01 Å². The van der Waals surface area contributed by atoms with E-state index in [0.717, 1.165) is 38.5 Å². The van der Waals surface area contributed by atoms with Gasteiger partial charge < -0.3 is 4.74 Å². The number of pyridine rings is 1. The van der Waals surface area contributed by atoms with Crippen LogP contribution < -0.4 is 0 Å². The number of para-hydroxylation sites is 1. The van der Waals surface area contributed by atoms with Crippen LogP contribution in [0, 0.1) is 6.92 Å². The Kier molecular flexibility index (Phi) is 4.02. The average Bonchev–Trinajstić information content (AvgIpc) is 3.18. The maximum atomic E-state index is 12.4. The molecule has 0 unspecified atom stereocenters. The number of rotatable bonds is 2. The number of aryl methyl sites for hydroxylation is 1. The van der Waals surface area contributed by atoms with Crippen molar-refractivity contribution in [3.8, 4) is 0 Å². The number of fused-ring (bicyclic) bond motifs is 2. The molecule has 1 amide bonds. The molecule has 0 fully saturated rings. The largest absolute Gasteiger partial charge is 0.446 e. The molecule has 4 aromatic rings. The lowest BCUT2D eigenvalue weighted by Crippen LogP contribution is -2.25. The van der Waals surface area contributed by atoms with E-state index in [1.165, 1.54) is 11.9 Å². The van der Waals surface area contributed by atoms with Crippen molar-refractivity contribution >= 4 is 33.5 Å². The smallest absolute Gasteiger partial charge is 0.243 e. The van der Waals surface area contributed by atoms with E-state index in [0.29, 0.717) is 5.90 Å². The monoisotopic (exact) mass is 381 g/mol. The Balaban J connectivity index is 1.65. The van der Waals surface area contributed by atoms with Gasteiger partial charge in [0.05, 0.1) is 5.52 Å². The van der Waals surface area contributed by atoms with Gasteiger partial charge in [0.1, 0.15) is 0 Å². The number of hydrogen-bond donors (Lipinski definition) is 0. The number of nitrogens with zero attached hydrogens (tertiary/aromatic N) is 3. The third-order valence-electron chi connectivity index (χ3n) is 5.13. The third-order valence-corrected chi connectivity index (χ3v) is 5.13. The van der Waals surface area contributed by atoms with Crippen molar-refractivity contribution in [3.05, 3.63) is 89.6 Å². The summed E-state index contributed by atoms with van der Waals surface area (Å²) in [4.78, 5) is 17.0. The van der Waals surface area contributed by atoms with Crippen molar-refractivity contribution in [1.82, 2.24) is 9.99 Å². The van der Waals surface area contributed by atoms with Gasteiger partial charge in [-0.15, -0.1) is 5.10 Å². The molecule has 29 heavy (non-hydrogen) atoms. The lowest BCUT2D eigenvalue weighted by Gasteiger charge is -2.21. The van der Waals surface area contributed by atoms with Crippen LogP contribution in [0.15, 0.2) is 77.9 Å². The van der Waals surface area contributed by atoms with Crippen LogP contribution in [-0.2, 0) is 9.53 Å². The first-order chi connectivity index (χ1) is 14.1. The molecule has 3 aromatic carbocycles. The Hall–Kier alpha value is -3.73. The molecule has 2 heterocycles. The maximum Gasteiger partial charge on any atom is 0.243 e. The van der Waals surface area contributed by atoms with Crippen LogP contribution in [0.3, 0.4) is 0 Å². The molecule has 142 valence electrons. The number of ether oxygens (including phenoxy) is 1. The molecule has 0 radical (unpaired) electrons. The number of aromatic nitrogens is 1. The Morgan fingerprint density at radius 1 is 0.966 bits per heavy atom. The van der Waals surface area contributed by atoms with Gasteiger partial charge in [-0.05, 0) is 35.9 Å². The van der Waals surface area contributed by atoms with Gasteiger partial charge in [-0.3, -0.25) is 9.78 Å². The van der Waals surface area contributed by atoms with Crippen LogP contribution in [0.1, 0.15) is 30.0 Å². The summed E-state index contributed by atoms with van der Waals surface area (Å²) in [7, 11) is 0. The summed E-state index contributed by atoms with van der Waals surface area (Å²) in [6, 6.07) is 23.9. The van der Waals surface area contributed by atoms with Gasteiger partial charge in [0.15, 0.2) is 0 Å². The molecular weight excluding hydrogens is 362 g/mol. The lowest BCUT2D eigenvalue weighted by molar-refractivity contribution is -0.135. The van der Waals surface area contributed by atoms with Crippen LogP contribution >= 0.6 is 0 Å². The fraction of sp³-hybridized carbons (Fsp3) is 0.125. The molecule has 0 N–H and O–H groups in total. The van der Waals surface area contributed by atoms with E-state index in [-0.39, 0.29) is 5.91 Å². The summed E-state index contributed by atoms with van der Waals surface area (Å²) in [5.41, 5.74) is 3.48. The molecule has 5 nitrogen and oxygen atoms in total. The average molecular weight is 381 g/mol. The highest BCUT2D eigenvalue weighted by atomic mass is 16.5. The van der Waals surface area contributed by atoms with Crippen molar-refractivity contribution in [3.63, 3.8) is 0 Å². The summed E-state index contributed by atoms with van der Waals surface area (Å²) >= 11 is 0. The van der Waals surface area contributed by atoms with Crippen molar-refractivity contribution < 1.29 is 9.53 Å². The number of hydrazone groups is 1. The normalized spacial score (nSPS) is 16.1. The summed E-state index contributed by atoms with van der Waals surface area (Å²) in [6.07, 6.45) is -0.631. The second-order valence-corrected chi connectivity index (χ2v) is 7.14. The highest BCUT2D eigenvalue weighted by Gasteiger charge is 2.34. The Morgan fingerprint density at radius 3 is 2.52 bits per heavy atom. The predicted octanol–water partition coefficient (Wildman–Crippen LogP) is 4.94. The van der Waals surface area contributed by atoms with E-state index in [1.54, 1.807) is 0 Å². The number of benzene rings is 3.